The van der Waals surface area contributed by atoms with Crippen molar-refractivity contribution in [2.45, 2.75) is 57.4 Å². The van der Waals surface area contributed by atoms with Gasteiger partial charge in [0.2, 0.25) is 0 Å². The molecule has 2 atom stereocenters. The number of aromatic nitrogens is 2. The molecule has 0 spiro atoms. The molecule has 0 unspecified atom stereocenters. The Labute approximate surface area is 431 Å². The summed E-state index contributed by atoms with van der Waals surface area (Å²) in [7, 11) is 0. The highest BCUT2D eigenvalue weighted by Crippen LogP contribution is 2.35. The molecule has 8 rings (SSSR count). The van der Waals surface area contributed by atoms with Gasteiger partial charge < -0.3 is 38.2 Å². The molecule has 0 fully saturated rings. The van der Waals surface area contributed by atoms with E-state index in [9.17, 15) is 19.8 Å². The van der Waals surface area contributed by atoms with E-state index in [2.05, 4.69) is 50.5 Å². The number of aliphatic carboxylic acids is 1. The van der Waals surface area contributed by atoms with Gasteiger partial charge in [-0.1, -0.05) is 122 Å². The van der Waals surface area contributed by atoms with Crippen LogP contribution in [0.3, 0.4) is 0 Å². The van der Waals surface area contributed by atoms with Gasteiger partial charge >= 0.3 is 11.9 Å². The first kappa shape index (κ1) is 53.3. The minimum atomic E-state index is -0.899. The quantitative estimate of drug-likeness (QED) is 0.0583. The first-order chi connectivity index (χ1) is 34.5. The Hall–Kier alpha value is -7.06. The molecular formula is C56H53BrCl2N2O10. The molecule has 0 saturated carbocycles. The van der Waals surface area contributed by atoms with E-state index in [0.717, 1.165) is 55.8 Å². The van der Waals surface area contributed by atoms with Crippen molar-refractivity contribution in [3.8, 4) is 45.3 Å². The van der Waals surface area contributed by atoms with E-state index in [-0.39, 0.29) is 36.4 Å². The van der Waals surface area contributed by atoms with E-state index in [1.54, 1.807) is 43.3 Å². The lowest BCUT2D eigenvalue weighted by molar-refractivity contribution is -0.143. The van der Waals surface area contributed by atoms with Crippen molar-refractivity contribution < 1.29 is 47.8 Å². The van der Waals surface area contributed by atoms with Gasteiger partial charge in [0.05, 0.1) is 44.1 Å². The summed E-state index contributed by atoms with van der Waals surface area (Å²) >= 11 is 15.6. The van der Waals surface area contributed by atoms with Crippen molar-refractivity contribution in [2.75, 3.05) is 19.8 Å². The molecule has 6 aromatic carbocycles. The van der Waals surface area contributed by atoms with Crippen molar-refractivity contribution in [1.82, 2.24) is 10.3 Å². The molecule has 12 nitrogen and oxygen atoms in total. The summed E-state index contributed by atoms with van der Waals surface area (Å²) in [5, 5.41) is 28.6. The fourth-order valence-corrected chi connectivity index (χ4v) is 8.09. The van der Waals surface area contributed by atoms with Crippen molar-refractivity contribution >= 4 is 51.1 Å². The molecule has 15 heteroatoms. The minimum Gasteiger partial charge on any atom is -0.508 e. The van der Waals surface area contributed by atoms with Crippen molar-refractivity contribution in [2.24, 2.45) is 0 Å². The first-order valence-corrected chi connectivity index (χ1v) is 24.6. The van der Waals surface area contributed by atoms with Gasteiger partial charge in [0.15, 0.2) is 0 Å². The van der Waals surface area contributed by atoms with Crippen LogP contribution in [-0.2, 0) is 26.3 Å². The number of phenols is 1. The number of esters is 1. The Morgan fingerprint density at radius 3 is 1.51 bits per heavy atom. The number of benzene rings is 6. The van der Waals surface area contributed by atoms with Gasteiger partial charge in [0.1, 0.15) is 42.1 Å². The van der Waals surface area contributed by atoms with Crippen molar-refractivity contribution in [1.29, 1.82) is 0 Å². The zero-order chi connectivity index (χ0) is 50.5. The van der Waals surface area contributed by atoms with Gasteiger partial charge in [-0.15, -0.1) is 0 Å². The van der Waals surface area contributed by atoms with Gasteiger partial charge in [-0.3, -0.25) is 9.59 Å². The number of hydrogen-bond donors (Lipinski definition) is 2. The third kappa shape index (κ3) is 16.0. The lowest BCUT2D eigenvalue weighted by Gasteiger charge is -2.14. The molecule has 0 radical (unpaired) electrons. The number of carbonyl (C=O) groups is 2. The van der Waals surface area contributed by atoms with E-state index in [1.807, 2.05) is 98.8 Å². The normalized spacial score (nSPS) is 11.5. The molecule has 8 aromatic rings. The van der Waals surface area contributed by atoms with E-state index < -0.39 is 5.97 Å². The van der Waals surface area contributed by atoms with Gasteiger partial charge in [-0.05, 0) is 115 Å². The highest BCUT2D eigenvalue weighted by Gasteiger charge is 2.22. The van der Waals surface area contributed by atoms with E-state index in [1.165, 1.54) is 18.1 Å². The second-order valence-electron chi connectivity index (χ2n) is 15.7. The third-order valence-corrected chi connectivity index (χ3v) is 12.0. The molecule has 71 heavy (non-hydrogen) atoms. The number of carbonyl (C=O) groups excluding carboxylic acids is 1. The van der Waals surface area contributed by atoms with E-state index >= 15 is 0 Å². The zero-order valence-corrected chi connectivity index (χ0v) is 42.4. The summed E-state index contributed by atoms with van der Waals surface area (Å²) in [4.78, 5) is 22.9. The molecule has 0 aliphatic rings. The highest BCUT2D eigenvalue weighted by atomic mass is 79.9. The average Bonchev–Trinajstić information content (AvgIpc) is 4.13. The lowest BCUT2D eigenvalue weighted by atomic mass is 9.92. The molecule has 0 amide bonds. The van der Waals surface area contributed by atoms with Crippen LogP contribution >= 0.6 is 39.1 Å². The largest absolute Gasteiger partial charge is 0.508 e. The summed E-state index contributed by atoms with van der Waals surface area (Å²) in [5.41, 5.74) is 9.46. The van der Waals surface area contributed by atoms with Crippen LogP contribution in [0.25, 0.3) is 22.3 Å². The number of alkyl halides is 1. The number of hydrogen-bond acceptors (Lipinski definition) is 11. The molecule has 0 aliphatic heterocycles. The van der Waals surface area contributed by atoms with Gasteiger partial charge in [0, 0.05) is 50.5 Å². The number of nitrogens with zero attached hydrogens (tertiary/aromatic N) is 2. The van der Waals surface area contributed by atoms with Crippen molar-refractivity contribution in [3.05, 3.63) is 202 Å². The standard InChI is InChI=1S/C27H24ClNO5.C15H14BrClO.C14H15NO4/c1-2-32-26-15-21(28)9-12-23(26)19-5-3-18(4-6-19)17-33-22-10-7-20(8-11-22)24(16-27(30)31)25-13-14-34-29-25;1-2-18-15-9-13(17)7-8-14(15)12-5-3-11(10-16)4-6-12;1-2-18-14(17)9-12(13-7-8-19-15-13)10-3-5-11(16)6-4-10/h3-15,24H,2,16-17H2,1H3,(H,30,31);3-9H,2,10H2,1H3;3-8,12,16H,2,9H2,1H3/t24-;;12-/m0.0/s1. The Morgan fingerprint density at radius 2 is 1.07 bits per heavy atom. The van der Waals surface area contributed by atoms with Crippen LogP contribution in [0, 0.1) is 0 Å². The minimum absolute atomic E-state index is 0.0717. The van der Waals surface area contributed by atoms with Gasteiger partial charge in [-0.2, -0.15) is 0 Å². The number of rotatable bonds is 19. The van der Waals surface area contributed by atoms with Crippen LogP contribution in [0.1, 0.15) is 79.1 Å². The number of carboxylic acid groups (broad SMARTS) is 1. The topological polar surface area (TPSA) is 164 Å². The summed E-state index contributed by atoms with van der Waals surface area (Å²) < 4.78 is 32.0. The van der Waals surface area contributed by atoms with Crippen LogP contribution in [0.5, 0.6) is 23.0 Å². The maximum atomic E-state index is 11.7. The maximum Gasteiger partial charge on any atom is 0.306 e. The number of halogens is 3. The molecule has 2 heterocycles. The molecule has 0 aliphatic carbocycles. The summed E-state index contributed by atoms with van der Waals surface area (Å²) in [5.74, 6) is 0.651. The highest BCUT2D eigenvalue weighted by molar-refractivity contribution is 9.08. The summed E-state index contributed by atoms with van der Waals surface area (Å²) in [6.45, 7) is 7.63. The predicted octanol–water partition coefficient (Wildman–Crippen LogP) is 14.3. The molecular weight excluding hydrogens is 1010 g/mol. The zero-order valence-electron chi connectivity index (χ0n) is 39.3. The third-order valence-electron chi connectivity index (χ3n) is 10.8. The van der Waals surface area contributed by atoms with Crippen LogP contribution in [0.15, 0.2) is 167 Å². The Balaban J connectivity index is 0.000000189. The van der Waals surface area contributed by atoms with Gasteiger partial charge in [-0.25, -0.2) is 0 Å². The van der Waals surface area contributed by atoms with E-state index in [0.29, 0.717) is 53.6 Å². The molecule has 368 valence electrons. The molecule has 0 bridgehead atoms. The second-order valence-corrected chi connectivity index (χ2v) is 17.1. The first-order valence-electron chi connectivity index (χ1n) is 22.8. The number of aromatic hydroxyl groups is 1. The average molecular weight is 1060 g/mol. The fraction of sp³-hybridized carbons (Fsp3) is 0.214. The predicted molar refractivity (Wildman–Crippen MR) is 278 cm³/mol. The monoisotopic (exact) mass is 1060 g/mol. The van der Waals surface area contributed by atoms with Gasteiger partial charge in [0.25, 0.3) is 0 Å². The molecule has 2 aromatic heterocycles. The molecule has 0 saturated heterocycles. The number of ether oxygens (including phenoxy) is 4. The smallest absolute Gasteiger partial charge is 0.306 e. The van der Waals surface area contributed by atoms with E-state index in [4.69, 9.17) is 51.2 Å². The van der Waals surface area contributed by atoms with Crippen molar-refractivity contribution in [3.63, 3.8) is 0 Å². The SMILES string of the molecule is CCOC(=O)C[C@@H](c1ccc(O)cc1)c1ccon1.CCOc1cc(Cl)ccc1-c1ccc(CBr)cc1.CCOc1cc(Cl)ccc1-c1ccc(COc2ccc([C@H](CC(=O)O)c3ccon3)cc2)cc1. The summed E-state index contributed by atoms with van der Waals surface area (Å²) in [6, 6.07) is 45.3. The Bertz CT molecular complexity index is 2860. The number of phenolic OH excluding ortho intramolecular Hbond substituents is 1. The second kappa shape index (κ2) is 27.4. The van der Waals surface area contributed by atoms with Crippen LogP contribution in [0.2, 0.25) is 10.0 Å². The fourth-order valence-electron chi connectivity index (χ4n) is 7.39. The van der Waals surface area contributed by atoms with Crippen LogP contribution < -0.4 is 14.2 Å². The summed E-state index contributed by atoms with van der Waals surface area (Å²) in [6.07, 6.45) is 3.02. The Morgan fingerprint density at radius 1 is 0.592 bits per heavy atom. The molecule has 2 N–H and O–H groups in total. The lowest BCUT2D eigenvalue weighted by Crippen LogP contribution is -2.11. The van der Waals surface area contributed by atoms with Crippen LogP contribution in [0.4, 0.5) is 0 Å². The Kier molecular flexibility index (Phi) is 20.5. The van der Waals surface area contributed by atoms with Crippen LogP contribution in [-0.4, -0.2) is 52.3 Å². The number of carboxylic acids is 1. The maximum absolute atomic E-state index is 11.7.